The van der Waals surface area contributed by atoms with E-state index >= 15 is 0 Å². The molecular weight excluding hydrogens is 631 g/mol. The van der Waals surface area contributed by atoms with Crippen LogP contribution in [0, 0.1) is 0 Å². The van der Waals surface area contributed by atoms with Gasteiger partial charge in [0.05, 0.1) is 23.6 Å². The van der Waals surface area contributed by atoms with Crippen LogP contribution in [0.15, 0.2) is 72.8 Å². The Kier molecular flexibility index (Phi) is 12.5. The maximum atomic E-state index is 13.8. The summed E-state index contributed by atoms with van der Waals surface area (Å²) in [7, 11) is -2.95. The van der Waals surface area contributed by atoms with Gasteiger partial charge >= 0.3 is 0 Å². The van der Waals surface area contributed by atoms with Crippen LogP contribution in [0.5, 0.6) is 0 Å². The summed E-state index contributed by atoms with van der Waals surface area (Å²) < 4.78 is 23.2. The van der Waals surface area contributed by atoms with E-state index in [1.165, 1.54) is 0 Å². The van der Waals surface area contributed by atoms with Crippen LogP contribution in [0.4, 0.5) is 11.4 Å². The van der Waals surface area contributed by atoms with E-state index in [1.54, 1.807) is 16.4 Å². The van der Waals surface area contributed by atoms with Gasteiger partial charge in [0.25, 0.3) is 5.91 Å². The first-order valence-electron chi connectivity index (χ1n) is 15.6. The number of nitrogens with zero attached hydrogens (tertiary/aromatic N) is 1. The molecule has 6 N–H and O–H groups in total. The number of carbonyl (C=O) groups is 1. The Morgan fingerprint density at radius 2 is 1.76 bits per heavy atom. The minimum absolute atomic E-state index is 0. The van der Waals surface area contributed by atoms with Crippen molar-refractivity contribution in [2.24, 2.45) is 0 Å². The van der Waals surface area contributed by atoms with E-state index in [-0.39, 0.29) is 23.9 Å². The molecule has 2 aliphatic rings. The highest BCUT2D eigenvalue weighted by molar-refractivity contribution is 8.25. The van der Waals surface area contributed by atoms with Crippen molar-refractivity contribution in [2.75, 3.05) is 35.0 Å². The molecule has 0 aromatic heterocycles. The molecule has 3 aromatic rings. The molecule has 1 saturated carbocycles. The van der Waals surface area contributed by atoms with Gasteiger partial charge in [-0.1, -0.05) is 54.1 Å². The number of carbonyl (C=O) groups excluding carboxylic acids is 1. The molecule has 1 saturated heterocycles. The number of halogens is 2. The molecule has 0 bridgehead atoms. The molecule has 0 unspecified atom stereocenters. The van der Waals surface area contributed by atoms with E-state index in [4.69, 9.17) is 11.6 Å². The average molecular weight is 678 g/mol. The predicted octanol–water partition coefficient (Wildman–Crippen LogP) is 6.92. The Hall–Kier alpha value is -2.50. The zero-order valence-corrected chi connectivity index (χ0v) is 28.1. The number of aliphatic hydroxyl groups excluding tert-OH is 1. The summed E-state index contributed by atoms with van der Waals surface area (Å²) in [6.45, 7) is 3.47. The Morgan fingerprint density at radius 3 is 2.42 bits per heavy atom. The van der Waals surface area contributed by atoms with Gasteiger partial charge in [-0.15, -0.1) is 23.2 Å². The van der Waals surface area contributed by atoms with Crippen LogP contribution in [-0.2, 0) is 12.8 Å². The number of β-amino-alcohol motifs (C(OH)–C–C–N with tert-alkyl or cyclic N) is 1. The van der Waals surface area contributed by atoms with Gasteiger partial charge in [-0.3, -0.25) is 18.2 Å². The lowest BCUT2D eigenvalue weighted by Gasteiger charge is -2.47. The molecule has 5 rings (SSSR count). The molecule has 0 radical (unpaired) electrons. The minimum atomic E-state index is -2.95. The van der Waals surface area contributed by atoms with E-state index in [2.05, 4.69) is 22.0 Å². The predicted molar refractivity (Wildman–Crippen MR) is 189 cm³/mol. The maximum absolute atomic E-state index is 13.8. The standard InChI is InChI=1S/C34H45ClN4O4S.ClH/c1-2-36-29-20-27(21-30(22-29)39-16-6-7-17-44(39,42)43)33(41)38-31(19-25-10-4-3-5-11-25)32(40)24-37-34(14-9-15-34)23-26-12-8-13-28(35)18-26;/h3-5,8,10-13,18,20-22,31-32,36-37,40,42-43H,2,6-7,9,14-17,19,23-24H2,1H3,(H,38,41);1H/t31-,32-;/m0./s1. The molecule has 45 heavy (non-hydrogen) atoms. The third-order valence-corrected chi connectivity index (χ3v) is 10.9. The highest BCUT2D eigenvalue weighted by atomic mass is 35.5. The Balaban J connectivity index is 0.00000461. The monoisotopic (exact) mass is 676 g/mol. The fourth-order valence-corrected chi connectivity index (χ4v) is 8.11. The van der Waals surface area contributed by atoms with Crippen LogP contribution >= 0.6 is 34.8 Å². The number of aliphatic hydroxyl groups is 1. The first kappa shape index (κ1) is 35.4. The topological polar surface area (TPSA) is 117 Å². The normalized spacial score (nSPS) is 18.9. The molecule has 8 nitrogen and oxygen atoms in total. The van der Waals surface area contributed by atoms with Gasteiger partial charge in [0.15, 0.2) is 0 Å². The van der Waals surface area contributed by atoms with Crippen molar-refractivity contribution >= 4 is 52.1 Å². The first-order valence-corrected chi connectivity index (χ1v) is 17.7. The zero-order chi connectivity index (χ0) is 31.2. The maximum Gasteiger partial charge on any atom is 0.251 e. The van der Waals surface area contributed by atoms with Crippen molar-refractivity contribution in [3.8, 4) is 0 Å². The van der Waals surface area contributed by atoms with Gasteiger partial charge < -0.3 is 21.1 Å². The number of amides is 1. The number of hydrogen-bond acceptors (Lipinski definition) is 7. The molecule has 1 aliphatic carbocycles. The summed E-state index contributed by atoms with van der Waals surface area (Å²) in [5.74, 6) is -0.00587. The van der Waals surface area contributed by atoms with Gasteiger partial charge in [0.1, 0.15) is 0 Å². The third kappa shape index (κ3) is 9.29. The van der Waals surface area contributed by atoms with Crippen molar-refractivity contribution < 1.29 is 19.0 Å². The van der Waals surface area contributed by atoms with Crippen LogP contribution in [-0.4, -0.2) is 63.2 Å². The van der Waals surface area contributed by atoms with Crippen LogP contribution in [0.25, 0.3) is 0 Å². The Morgan fingerprint density at radius 1 is 1.00 bits per heavy atom. The van der Waals surface area contributed by atoms with Gasteiger partial charge in [0, 0.05) is 41.4 Å². The molecule has 1 amide bonds. The molecule has 2 fully saturated rings. The van der Waals surface area contributed by atoms with E-state index in [9.17, 15) is 19.0 Å². The summed E-state index contributed by atoms with van der Waals surface area (Å²) in [5, 5.41) is 22.3. The van der Waals surface area contributed by atoms with Crippen molar-refractivity contribution in [1.82, 2.24) is 10.6 Å². The quantitative estimate of drug-likeness (QED) is 0.116. The summed E-state index contributed by atoms with van der Waals surface area (Å²) in [6, 6.07) is 22.6. The van der Waals surface area contributed by atoms with E-state index in [0.29, 0.717) is 43.1 Å². The van der Waals surface area contributed by atoms with Crippen molar-refractivity contribution in [3.63, 3.8) is 0 Å². The summed E-state index contributed by atoms with van der Waals surface area (Å²) in [4.78, 5) is 13.8. The summed E-state index contributed by atoms with van der Waals surface area (Å²) in [6.07, 6.45) is 5.19. The molecule has 246 valence electrons. The molecule has 11 heteroatoms. The van der Waals surface area contributed by atoms with E-state index < -0.39 is 22.9 Å². The highest BCUT2D eigenvalue weighted by Crippen LogP contribution is 2.50. The molecule has 3 aromatic carbocycles. The number of benzene rings is 3. The fraction of sp³-hybridized carbons (Fsp3) is 0.441. The third-order valence-electron chi connectivity index (χ3n) is 8.74. The van der Waals surface area contributed by atoms with Crippen LogP contribution in [0.3, 0.4) is 0 Å². The van der Waals surface area contributed by atoms with Crippen LogP contribution in [0.1, 0.15) is 60.5 Å². The van der Waals surface area contributed by atoms with Crippen LogP contribution in [0.2, 0.25) is 5.02 Å². The van der Waals surface area contributed by atoms with Gasteiger partial charge in [-0.2, -0.15) is 0 Å². The average Bonchev–Trinajstić information content (AvgIpc) is 2.98. The minimum Gasteiger partial charge on any atom is -0.390 e. The van der Waals surface area contributed by atoms with E-state index in [1.807, 2.05) is 61.5 Å². The highest BCUT2D eigenvalue weighted by Gasteiger charge is 2.38. The number of anilines is 2. The lowest BCUT2D eigenvalue weighted by molar-refractivity contribution is 0.0760. The van der Waals surface area contributed by atoms with Gasteiger partial charge in [-0.25, -0.2) is 0 Å². The first-order chi connectivity index (χ1) is 21.2. The fourth-order valence-electron chi connectivity index (χ4n) is 6.22. The second-order valence-corrected chi connectivity index (χ2v) is 14.7. The largest absolute Gasteiger partial charge is 0.390 e. The van der Waals surface area contributed by atoms with Crippen molar-refractivity contribution in [2.45, 2.75) is 69.6 Å². The van der Waals surface area contributed by atoms with Gasteiger partial charge in [0.2, 0.25) is 0 Å². The van der Waals surface area contributed by atoms with Crippen molar-refractivity contribution in [3.05, 3.63) is 94.5 Å². The number of rotatable bonds is 13. The van der Waals surface area contributed by atoms with E-state index in [0.717, 1.165) is 60.4 Å². The SMILES string of the molecule is CCNc1cc(C(=O)N[C@@H](Cc2ccccc2)[C@@H](O)CNC2(Cc3cccc(Cl)c3)CCC2)cc(N2CCCCS2(O)O)c1.Cl. The molecule has 2 atom stereocenters. The Labute approximate surface area is 279 Å². The second kappa shape index (κ2) is 15.9. The number of hydrogen-bond donors (Lipinski definition) is 6. The Bertz CT molecular complexity index is 1410. The molecule has 1 aliphatic heterocycles. The number of nitrogens with one attached hydrogen (secondary N) is 3. The van der Waals surface area contributed by atoms with Gasteiger partial charge in [-0.05, 0) is 93.3 Å². The van der Waals surface area contributed by atoms with Crippen molar-refractivity contribution in [1.29, 1.82) is 0 Å². The summed E-state index contributed by atoms with van der Waals surface area (Å²) in [5.41, 5.74) is 3.79. The zero-order valence-electron chi connectivity index (χ0n) is 25.8. The second-order valence-electron chi connectivity index (χ2n) is 12.1. The summed E-state index contributed by atoms with van der Waals surface area (Å²) >= 11 is 6.24. The molecule has 0 spiro atoms. The molecular formula is C34H46Cl2N4O4S. The van der Waals surface area contributed by atoms with Crippen LogP contribution < -0.4 is 20.3 Å². The lowest BCUT2D eigenvalue weighted by Crippen LogP contribution is -2.57. The smallest absolute Gasteiger partial charge is 0.251 e. The lowest BCUT2D eigenvalue weighted by atomic mass is 9.72. The molecule has 1 heterocycles.